The Kier molecular flexibility index (Phi) is 4.39. The molecule has 0 saturated heterocycles. The molecule has 1 fully saturated rings. The van der Waals surface area contributed by atoms with Gasteiger partial charge in [0.1, 0.15) is 0 Å². The van der Waals surface area contributed by atoms with Gasteiger partial charge < -0.3 is 5.32 Å². The predicted molar refractivity (Wildman–Crippen MR) is 86.5 cm³/mol. The number of rotatable bonds is 5. The number of hydrogen-bond acceptors (Lipinski definition) is 2. The zero-order valence-corrected chi connectivity index (χ0v) is 13.0. The maximum atomic E-state index is 4.48. The number of nitrogens with one attached hydrogen (secondary N) is 1. The van der Waals surface area contributed by atoms with Crippen molar-refractivity contribution in [2.24, 2.45) is 11.8 Å². The van der Waals surface area contributed by atoms with Gasteiger partial charge in [0.05, 0.1) is 11.9 Å². The lowest BCUT2D eigenvalue weighted by atomic mass is 10.1. The highest BCUT2D eigenvalue weighted by Gasteiger charge is 2.21. The van der Waals surface area contributed by atoms with Crippen LogP contribution in [0.25, 0.3) is 5.69 Å². The van der Waals surface area contributed by atoms with Crippen molar-refractivity contribution in [1.82, 2.24) is 15.1 Å². The van der Waals surface area contributed by atoms with Gasteiger partial charge in [-0.05, 0) is 50.3 Å². The van der Waals surface area contributed by atoms with Crippen LogP contribution < -0.4 is 5.32 Å². The molecule has 3 nitrogen and oxygen atoms in total. The van der Waals surface area contributed by atoms with E-state index in [4.69, 9.17) is 0 Å². The van der Waals surface area contributed by atoms with Crippen molar-refractivity contribution in [1.29, 1.82) is 0 Å². The van der Waals surface area contributed by atoms with Crippen LogP contribution in [0.2, 0.25) is 0 Å². The molecule has 0 aliphatic heterocycles. The zero-order valence-electron chi connectivity index (χ0n) is 13.0. The molecular formula is C18H25N3. The van der Waals surface area contributed by atoms with Crippen LogP contribution in [0.1, 0.15) is 44.7 Å². The van der Waals surface area contributed by atoms with Crippen LogP contribution in [-0.4, -0.2) is 16.3 Å². The topological polar surface area (TPSA) is 29.9 Å². The Bertz CT molecular complexity index is 561. The summed E-state index contributed by atoms with van der Waals surface area (Å²) >= 11 is 0. The van der Waals surface area contributed by atoms with Crippen molar-refractivity contribution in [3.05, 3.63) is 48.3 Å². The summed E-state index contributed by atoms with van der Waals surface area (Å²) in [7, 11) is 0. The first kappa shape index (κ1) is 14.3. The van der Waals surface area contributed by atoms with E-state index in [1.165, 1.54) is 24.8 Å². The number of para-hydroxylation sites is 1. The first-order valence-corrected chi connectivity index (χ1v) is 8.05. The second-order valence-corrected chi connectivity index (χ2v) is 6.47. The highest BCUT2D eigenvalue weighted by Crippen LogP contribution is 2.30. The average molecular weight is 283 g/mol. The second-order valence-electron chi connectivity index (χ2n) is 6.47. The molecule has 1 N–H and O–H groups in total. The van der Waals surface area contributed by atoms with Crippen LogP contribution in [0.4, 0.5) is 0 Å². The number of nitrogens with zero attached hydrogens (tertiary/aromatic N) is 2. The molecule has 1 aliphatic rings. The first-order chi connectivity index (χ1) is 10.2. The number of aromatic nitrogens is 2. The Morgan fingerprint density at radius 2 is 2.10 bits per heavy atom. The summed E-state index contributed by atoms with van der Waals surface area (Å²) < 4.78 is 1.95. The fourth-order valence-electron chi connectivity index (χ4n) is 3.25. The number of hydrogen-bond donors (Lipinski definition) is 1. The normalized spacial score (nSPS) is 23.3. The van der Waals surface area contributed by atoms with Crippen LogP contribution in [0.3, 0.4) is 0 Å². The average Bonchev–Trinajstić information content (AvgIpc) is 3.15. The van der Waals surface area contributed by atoms with Gasteiger partial charge in [-0.1, -0.05) is 31.5 Å². The van der Waals surface area contributed by atoms with Crippen molar-refractivity contribution < 1.29 is 0 Å². The maximum absolute atomic E-state index is 4.48. The fraction of sp³-hybridized carbons (Fsp3) is 0.500. The SMILES string of the molecule is CC1CCC(CNC(C)c2cnn(-c3ccccc3)c2)C1. The van der Waals surface area contributed by atoms with Crippen molar-refractivity contribution in [2.45, 2.75) is 39.2 Å². The molecular weight excluding hydrogens is 258 g/mol. The van der Waals surface area contributed by atoms with Crippen LogP contribution in [0.5, 0.6) is 0 Å². The van der Waals surface area contributed by atoms with E-state index in [9.17, 15) is 0 Å². The molecule has 1 saturated carbocycles. The highest BCUT2D eigenvalue weighted by atomic mass is 15.3. The molecule has 1 aliphatic carbocycles. The monoisotopic (exact) mass is 283 g/mol. The van der Waals surface area contributed by atoms with Gasteiger partial charge in [0.2, 0.25) is 0 Å². The summed E-state index contributed by atoms with van der Waals surface area (Å²) in [6, 6.07) is 10.6. The molecule has 21 heavy (non-hydrogen) atoms. The molecule has 0 spiro atoms. The fourth-order valence-corrected chi connectivity index (χ4v) is 3.25. The third-order valence-corrected chi connectivity index (χ3v) is 4.64. The predicted octanol–water partition coefficient (Wildman–Crippen LogP) is 3.96. The molecule has 2 aromatic rings. The molecule has 3 heteroatoms. The minimum Gasteiger partial charge on any atom is -0.310 e. The van der Waals surface area contributed by atoms with Crippen molar-refractivity contribution >= 4 is 0 Å². The van der Waals surface area contributed by atoms with Crippen LogP contribution in [0, 0.1) is 11.8 Å². The van der Waals surface area contributed by atoms with Gasteiger partial charge in [-0.25, -0.2) is 4.68 Å². The highest BCUT2D eigenvalue weighted by molar-refractivity contribution is 5.31. The third kappa shape index (κ3) is 3.53. The van der Waals surface area contributed by atoms with E-state index in [0.717, 1.165) is 24.1 Å². The lowest BCUT2D eigenvalue weighted by Crippen LogP contribution is -2.24. The van der Waals surface area contributed by atoms with Gasteiger partial charge in [0.25, 0.3) is 0 Å². The minimum absolute atomic E-state index is 0.360. The Morgan fingerprint density at radius 3 is 2.81 bits per heavy atom. The van der Waals surface area contributed by atoms with Crippen molar-refractivity contribution in [3.8, 4) is 5.69 Å². The van der Waals surface area contributed by atoms with E-state index in [2.05, 4.69) is 42.6 Å². The molecule has 1 heterocycles. The lowest BCUT2D eigenvalue weighted by Gasteiger charge is -2.16. The van der Waals surface area contributed by atoms with Gasteiger partial charge in [0, 0.05) is 17.8 Å². The van der Waals surface area contributed by atoms with Gasteiger partial charge in [0.15, 0.2) is 0 Å². The second kappa shape index (κ2) is 6.44. The van der Waals surface area contributed by atoms with E-state index >= 15 is 0 Å². The summed E-state index contributed by atoms with van der Waals surface area (Å²) in [5.41, 5.74) is 2.37. The Hall–Kier alpha value is -1.61. The Balaban J connectivity index is 1.58. The van der Waals surface area contributed by atoms with E-state index in [1.54, 1.807) is 0 Å². The summed E-state index contributed by atoms with van der Waals surface area (Å²) in [5.74, 6) is 1.76. The molecule has 0 radical (unpaired) electrons. The number of benzene rings is 1. The van der Waals surface area contributed by atoms with E-state index < -0.39 is 0 Å². The molecule has 1 aromatic heterocycles. The van der Waals surface area contributed by atoms with Gasteiger partial charge in [-0.3, -0.25) is 0 Å². The largest absolute Gasteiger partial charge is 0.310 e. The molecule has 112 valence electrons. The molecule has 0 amide bonds. The molecule has 1 aromatic carbocycles. The van der Waals surface area contributed by atoms with Crippen molar-refractivity contribution in [2.75, 3.05) is 6.54 Å². The standard InChI is InChI=1S/C18H25N3/c1-14-8-9-16(10-14)11-19-15(2)17-12-20-21(13-17)18-6-4-3-5-7-18/h3-7,12-16,19H,8-11H2,1-2H3. The van der Waals surface area contributed by atoms with Crippen LogP contribution in [-0.2, 0) is 0 Å². The molecule has 3 atom stereocenters. The third-order valence-electron chi connectivity index (χ3n) is 4.64. The van der Waals surface area contributed by atoms with Gasteiger partial charge in [-0.2, -0.15) is 5.10 Å². The van der Waals surface area contributed by atoms with Gasteiger partial charge in [-0.15, -0.1) is 0 Å². The Labute approximate surface area is 127 Å². The van der Waals surface area contributed by atoms with E-state index in [1.807, 2.05) is 29.1 Å². The smallest absolute Gasteiger partial charge is 0.0645 e. The van der Waals surface area contributed by atoms with Gasteiger partial charge >= 0.3 is 0 Å². The quantitative estimate of drug-likeness (QED) is 0.900. The van der Waals surface area contributed by atoms with E-state index in [-0.39, 0.29) is 0 Å². The molecule has 3 rings (SSSR count). The zero-order chi connectivity index (χ0) is 14.7. The first-order valence-electron chi connectivity index (χ1n) is 8.05. The Morgan fingerprint density at radius 1 is 1.29 bits per heavy atom. The summed E-state index contributed by atoms with van der Waals surface area (Å²) in [4.78, 5) is 0. The van der Waals surface area contributed by atoms with Crippen molar-refractivity contribution in [3.63, 3.8) is 0 Å². The maximum Gasteiger partial charge on any atom is 0.0645 e. The van der Waals surface area contributed by atoms with E-state index in [0.29, 0.717) is 6.04 Å². The van der Waals surface area contributed by atoms with Crippen LogP contribution in [0.15, 0.2) is 42.7 Å². The molecule has 0 bridgehead atoms. The lowest BCUT2D eigenvalue weighted by molar-refractivity contribution is 0.440. The summed E-state index contributed by atoms with van der Waals surface area (Å²) in [6.07, 6.45) is 8.26. The van der Waals surface area contributed by atoms with Crippen LogP contribution >= 0.6 is 0 Å². The summed E-state index contributed by atoms with van der Waals surface area (Å²) in [6.45, 7) is 5.72. The molecule has 3 unspecified atom stereocenters. The summed E-state index contributed by atoms with van der Waals surface area (Å²) in [5, 5.41) is 8.15. The minimum atomic E-state index is 0.360.